The average Bonchev–Trinajstić information content (AvgIpc) is 3.46. The van der Waals surface area contributed by atoms with E-state index in [1.165, 1.54) is 0 Å². The minimum Gasteiger partial charge on any atom is -0.392 e. The van der Waals surface area contributed by atoms with Gasteiger partial charge < -0.3 is 31.3 Å². The second-order valence-electron chi connectivity index (χ2n) is 12.4. The van der Waals surface area contributed by atoms with Crippen LogP contribution in [0, 0.1) is 0 Å². The zero-order chi connectivity index (χ0) is 31.4. The van der Waals surface area contributed by atoms with Crippen molar-refractivity contribution in [1.29, 1.82) is 0 Å². The molecule has 2 saturated heterocycles. The molecule has 0 aliphatic carbocycles. The number of nitrogens with zero attached hydrogens (tertiary/aromatic N) is 3. The lowest BCUT2D eigenvalue weighted by Gasteiger charge is -2.35. The number of hydrogen-bond donors (Lipinski definition) is 5. The van der Waals surface area contributed by atoms with Crippen LogP contribution < -0.4 is 26.2 Å². The molecule has 0 aromatic heterocycles. The third kappa shape index (κ3) is 7.26. The zero-order valence-corrected chi connectivity index (χ0v) is 26.7. The minimum atomic E-state index is -3.71. The maximum atomic E-state index is 14.0. The topological polar surface area (TPSA) is 129 Å². The lowest BCUT2D eigenvalue weighted by molar-refractivity contribution is 0.0688. The summed E-state index contributed by atoms with van der Waals surface area (Å²) in [4.78, 5) is 17.1. The molecule has 12 heteroatoms. The number of piperidine rings is 2. The molecule has 4 aliphatic rings. The number of β-amino-alcohol motifs (C(OH)–C–C–N with tert-alkyl or cyclic N) is 1. The van der Waals surface area contributed by atoms with Crippen LogP contribution in [0.15, 0.2) is 71.3 Å². The molecule has 2 aromatic rings. The van der Waals surface area contributed by atoms with Crippen LogP contribution in [-0.2, 0) is 16.6 Å². The fourth-order valence-electron chi connectivity index (χ4n) is 6.72. The van der Waals surface area contributed by atoms with Gasteiger partial charge in [-0.2, -0.15) is 4.31 Å². The predicted octanol–water partition coefficient (Wildman–Crippen LogP) is 2.38. The monoisotopic (exact) mass is 635 g/mol. The maximum Gasteiger partial charge on any atom is 0.327 e. The number of aliphatic hydroxyl groups excluding tert-OH is 1. The summed E-state index contributed by atoms with van der Waals surface area (Å²) in [7, 11) is -1.81. The van der Waals surface area contributed by atoms with Crippen molar-refractivity contribution in [3.05, 3.63) is 77.5 Å². The Morgan fingerprint density at radius 3 is 2.49 bits per heavy atom. The van der Waals surface area contributed by atoms with Crippen molar-refractivity contribution in [1.82, 2.24) is 30.5 Å². The van der Waals surface area contributed by atoms with E-state index in [9.17, 15) is 18.3 Å². The quantitative estimate of drug-likeness (QED) is 0.255. The van der Waals surface area contributed by atoms with Gasteiger partial charge in [0.1, 0.15) is 6.17 Å². The van der Waals surface area contributed by atoms with E-state index in [1.54, 1.807) is 21.3 Å². The van der Waals surface area contributed by atoms with Gasteiger partial charge in [-0.05, 0) is 107 Å². The Labute approximate surface area is 266 Å². The highest BCUT2D eigenvalue weighted by Gasteiger charge is 2.34. The lowest BCUT2D eigenvalue weighted by Crippen LogP contribution is -2.51. The number of carbonyl (C=O) groups excluding carboxylic acids is 1. The highest BCUT2D eigenvalue weighted by molar-refractivity contribution is 7.89. The van der Waals surface area contributed by atoms with Crippen molar-refractivity contribution >= 4 is 27.4 Å². The van der Waals surface area contributed by atoms with E-state index in [0.29, 0.717) is 13.1 Å². The van der Waals surface area contributed by atoms with Crippen molar-refractivity contribution in [3.63, 3.8) is 0 Å². The summed E-state index contributed by atoms with van der Waals surface area (Å²) < 4.78 is 29.8. The third-order valence-electron chi connectivity index (χ3n) is 9.13. The number of rotatable bonds is 11. The highest BCUT2D eigenvalue weighted by atomic mass is 32.2. The Hall–Kier alpha value is -3.26. The van der Waals surface area contributed by atoms with Gasteiger partial charge in [0.25, 0.3) is 0 Å². The predicted molar refractivity (Wildman–Crippen MR) is 176 cm³/mol. The molecular weight excluding hydrogens is 590 g/mol. The number of amides is 2. The fourth-order valence-corrected chi connectivity index (χ4v) is 8.44. The van der Waals surface area contributed by atoms with E-state index in [2.05, 4.69) is 26.2 Å². The highest BCUT2D eigenvalue weighted by Crippen LogP contribution is 2.30. The van der Waals surface area contributed by atoms with Crippen LogP contribution in [0.4, 0.5) is 10.5 Å². The van der Waals surface area contributed by atoms with E-state index in [4.69, 9.17) is 0 Å². The van der Waals surface area contributed by atoms with E-state index < -0.39 is 10.0 Å². The number of hydrogen-bond acceptors (Lipinski definition) is 8. The number of likely N-dealkylation sites (tertiary alicyclic amines) is 1. The summed E-state index contributed by atoms with van der Waals surface area (Å²) in [5.41, 5.74) is 4.50. The number of urea groups is 1. The van der Waals surface area contributed by atoms with Gasteiger partial charge in [-0.15, -0.1) is 0 Å². The van der Waals surface area contributed by atoms with Crippen molar-refractivity contribution in [2.24, 2.45) is 0 Å². The molecule has 2 unspecified atom stereocenters. The molecule has 6 rings (SSSR count). The Bertz CT molecular complexity index is 1500. The van der Waals surface area contributed by atoms with Crippen LogP contribution in [0.1, 0.15) is 43.2 Å². The molecule has 0 spiro atoms. The molecule has 242 valence electrons. The fraction of sp³-hybridized carbons (Fsp3) is 0.485. The lowest BCUT2D eigenvalue weighted by atomic mass is 10.1. The van der Waals surface area contributed by atoms with Gasteiger partial charge in [0.2, 0.25) is 10.0 Å². The molecule has 0 radical (unpaired) electrons. The third-order valence-corrected chi connectivity index (χ3v) is 11.1. The number of fused-ring (bicyclic) bond motifs is 1. The first-order chi connectivity index (χ1) is 21.8. The first-order valence-corrected chi connectivity index (χ1v) is 17.5. The van der Waals surface area contributed by atoms with Crippen LogP contribution in [-0.4, -0.2) is 93.4 Å². The Kier molecular flexibility index (Phi) is 9.88. The van der Waals surface area contributed by atoms with Crippen molar-refractivity contribution in [2.45, 2.75) is 61.9 Å². The maximum absolute atomic E-state index is 14.0. The van der Waals surface area contributed by atoms with E-state index >= 15 is 0 Å². The molecule has 0 bridgehead atoms. The summed E-state index contributed by atoms with van der Waals surface area (Å²) in [6, 6.07) is 14.7. The van der Waals surface area contributed by atoms with Gasteiger partial charge in [-0.25, -0.2) is 13.2 Å². The molecule has 45 heavy (non-hydrogen) atoms. The van der Waals surface area contributed by atoms with Gasteiger partial charge in [-0.1, -0.05) is 24.3 Å². The second kappa shape index (κ2) is 14.0. The van der Waals surface area contributed by atoms with Gasteiger partial charge in [-0.3, -0.25) is 4.90 Å². The summed E-state index contributed by atoms with van der Waals surface area (Å²) >= 11 is 0. The van der Waals surface area contributed by atoms with Crippen molar-refractivity contribution in [2.75, 3.05) is 51.2 Å². The standard InChI is InChI=1S/C33H45N7O4S/c1-34-21-24-5-9-27(10-6-24)39-22-26-20-31(36-32(26)37-33(39)42)25-7-11-30(12-8-25)45(43,44)40(28-13-15-35-16-14-28)19-3-18-38-17-2-4-29(41)23-38/h5-12,20,22,28-29,32,34-36,41H,2-4,13-19,21,23H2,1H3,(H,37,42). The molecule has 2 atom stereocenters. The molecule has 2 fully saturated rings. The van der Waals surface area contributed by atoms with Gasteiger partial charge in [0.05, 0.1) is 16.7 Å². The molecule has 11 nitrogen and oxygen atoms in total. The number of aliphatic hydroxyl groups is 1. The summed E-state index contributed by atoms with van der Waals surface area (Å²) in [6.07, 6.45) is 7.31. The summed E-state index contributed by atoms with van der Waals surface area (Å²) in [5, 5.41) is 22.9. The zero-order valence-electron chi connectivity index (χ0n) is 25.9. The normalized spacial score (nSPS) is 22.9. The van der Waals surface area contributed by atoms with Crippen LogP contribution in [0.2, 0.25) is 0 Å². The molecule has 5 N–H and O–H groups in total. The Morgan fingerprint density at radius 1 is 1.02 bits per heavy atom. The summed E-state index contributed by atoms with van der Waals surface area (Å²) in [6.45, 7) is 5.21. The largest absolute Gasteiger partial charge is 0.392 e. The summed E-state index contributed by atoms with van der Waals surface area (Å²) in [5.74, 6) is 0. The molecule has 0 saturated carbocycles. The van der Waals surface area contributed by atoms with Crippen LogP contribution in [0.5, 0.6) is 0 Å². The van der Waals surface area contributed by atoms with Gasteiger partial charge in [0.15, 0.2) is 0 Å². The van der Waals surface area contributed by atoms with E-state index in [-0.39, 0.29) is 29.2 Å². The molecular formula is C33H45N7O4S. The minimum absolute atomic E-state index is 0.0387. The smallest absolute Gasteiger partial charge is 0.327 e. The Morgan fingerprint density at radius 2 is 1.78 bits per heavy atom. The van der Waals surface area contributed by atoms with Crippen molar-refractivity contribution < 1.29 is 18.3 Å². The molecule has 4 heterocycles. The first-order valence-electron chi connectivity index (χ1n) is 16.1. The number of benzene rings is 2. The number of sulfonamides is 1. The van der Waals surface area contributed by atoms with Crippen LogP contribution >= 0.6 is 0 Å². The van der Waals surface area contributed by atoms with Gasteiger partial charge in [0, 0.05) is 43.1 Å². The Balaban J connectivity index is 1.16. The average molecular weight is 636 g/mol. The second-order valence-corrected chi connectivity index (χ2v) is 14.2. The van der Waals surface area contributed by atoms with Crippen LogP contribution in [0.25, 0.3) is 5.70 Å². The molecule has 4 aliphatic heterocycles. The number of anilines is 1. The number of nitrogens with one attached hydrogen (secondary N) is 4. The molecule has 2 amide bonds. The van der Waals surface area contributed by atoms with E-state index in [0.717, 1.165) is 92.9 Å². The van der Waals surface area contributed by atoms with Gasteiger partial charge >= 0.3 is 6.03 Å². The SMILES string of the molecule is CNCc1ccc(N2C=C3C=C(c4ccc(S(=O)(=O)N(CCCN5CCCC(O)C5)C5CCNCC5)cc4)NC3NC2=O)cc1. The van der Waals surface area contributed by atoms with E-state index in [1.807, 2.05) is 55.7 Å². The van der Waals surface area contributed by atoms with Crippen molar-refractivity contribution in [3.8, 4) is 0 Å². The number of carbonyl (C=O) groups is 1. The molecule has 2 aromatic carbocycles. The van der Waals surface area contributed by atoms with Crippen LogP contribution in [0.3, 0.4) is 0 Å². The first kappa shape index (κ1) is 31.7.